The Hall–Kier alpha value is -3.57. The normalized spacial score (nSPS) is 14.1. The van der Waals surface area contributed by atoms with Crippen LogP contribution in [-0.2, 0) is 27.5 Å². The SMILES string of the molecule is O=C(Nc1ccc(S(=O)(=O)Nc2ccc(Cl)c(C(F)(F)F)c2)cc1)c1ccc(CN2CCCC2=O)cc1. The van der Waals surface area contributed by atoms with Crippen LogP contribution >= 0.6 is 11.6 Å². The molecule has 4 rings (SSSR count). The summed E-state index contributed by atoms with van der Waals surface area (Å²) in [5.41, 5.74) is 0.133. The number of amides is 2. The van der Waals surface area contributed by atoms with E-state index in [1.807, 2.05) is 0 Å². The van der Waals surface area contributed by atoms with Gasteiger partial charge in [-0.1, -0.05) is 23.7 Å². The molecule has 7 nitrogen and oxygen atoms in total. The fourth-order valence-electron chi connectivity index (χ4n) is 3.79. The number of alkyl halides is 3. The van der Waals surface area contributed by atoms with Crippen LogP contribution in [0.25, 0.3) is 0 Å². The molecule has 0 aromatic heterocycles. The van der Waals surface area contributed by atoms with Crippen molar-refractivity contribution >= 4 is 44.8 Å². The lowest BCUT2D eigenvalue weighted by Gasteiger charge is -2.15. The van der Waals surface area contributed by atoms with Crippen molar-refractivity contribution in [3.63, 3.8) is 0 Å². The van der Waals surface area contributed by atoms with E-state index in [9.17, 15) is 31.2 Å². The summed E-state index contributed by atoms with van der Waals surface area (Å²) in [7, 11) is -4.21. The summed E-state index contributed by atoms with van der Waals surface area (Å²) in [5, 5.41) is 2.11. The van der Waals surface area contributed by atoms with Gasteiger partial charge >= 0.3 is 6.18 Å². The smallest absolute Gasteiger partial charge is 0.338 e. The molecule has 12 heteroatoms. The lowest BCUT2D eigenvalue weighted by molar-refractivity contribution is -0.137. The second kappa shape index (κ2) is 10.4. The van der Waals surface area contributed by atoms with Gasteiger partial charge in [-0.05, 0) is 66.6 Å². The average Bonchev–Trinajstić information content (AvgIpc) is 3.24. The van der Waals surface area contributed by atoms with Gasteiger partial charge in [0.1, 0.15) is 0 Å². The van der Waals surface area contributed by atoms with Gasteiger partial charge in [-0.25, -0.2) is 8.42 Å². The number of likely N-dealkylation sites (tertiary alicyclic amines) is 1. The van der Waals surface area contributed by atoms with E-state index in [0.29, 0.717) is 30.3 Å². The van der Waals surface area contributed by atoms with Crippen LogP contribution in [0.5, 0.6) is 0 Å². The Labute approximate surface area is 216 Å². The molecule has 2 amide bonds. The van der Waals surface area contributed by atoms with Crippen LogP contribution in [0, 0.1) is 0 Å². The second-order valence-electron chi connectivity index (χ2n) is 8.39. The summed E-state index contributed by atoms with van der Waals surface area (Å²) in [6, 6.07) is 14.7. The van der Waals surface area contributed by atoms with Crippen LogP contribution in [-0.4, -0.2) is 31.7 Å². The summed E-state index contributed by atoms with van der Waals surface area (Å²) in [6.07, 6.45) is -3.35. The molecule has 1 aliphatic heterocycles. The van der Waals surface area contributed by atoms with E-state index in [-0.39, 0.29) is 16.5 Å². The van der Waals surface area contributed by atoms with E-state index >= 15 is 0 Å². The molecule has 1 saturated heterocycles. The van der Waals surface area contributed by atoms with Crippen molar-refractivity contribution in [3.05, 3.63) is 88.4 Å². The zero-order valence-electron chi connectivity index (χ0n) is 19.2. The van der Waals surface area contributed by atoms with Crippen molar-refractivity contribution in [1.29, 1.82) is 0 Å². The van der Waals surface area contributed by atoms with Crippen molar-refractivity contribution < 1.29 is 31.2 Å². The molecule has 194 valence electrons. The maximum absolute atomic E-state index is 13.1. The lowest BCUT2D eigenvalue weighted by Crippen LogP contribution is -2.23. The zero-order valence-corrected chi connectivity index (χ0v) is 20.8. The minimum Gasteiger partial charge on any atom is -0.338 e. The topological polar surface area (TPSA) is 95.6 Å². The number of halogens is 4. The van der Waals surface area contributed by atoms with Gasteiger partial charge in [0.25, 0.3) is 15.9 Å². The quantitative estimate of drug-likeness (QED) is 0.403. The molecule has 0 radical (unpaired) electrons. The molecule has 0 saturated carbocycles. The molecular weight excluding hydrogens is 531 g/mol. The van der Waals surface area contributed by atoms with Gasteiger partial charge in [0.2, 0.25) is 5.91 Å². The van der Waals surface area contributed by atoms with Gasteiger partial charge < -0.3 is 10.2 Å². The zero-order chi connectivity index (χ0) is 26.8. The van der Waals surface area contributed by atoms with E-state index in [0.717, 1.165) is 30.7 Å². The summed E-state index contributed by atoms with van der Waals surface area (Å²) >= 11 is 5.57. The molecule has 0 unspecified atom stereocenters. The van der Waals surface area contributed by atoms with Crippen LogP contribution < -0.4 is 10.0 Å². The first-order valence-corrected chi connectivity index (χ1v) is 13.0. The van der Waals surface area contributed by atoms with Crippen LogP contribution in [0.2, 0.25) is 5.02 Å². The molecule has 0 atom stereocenters. The van der Waals surface area contributed by atoms with Crippen LogP contribution in [0.4, 0.5) is 24.5 Å². The number of carbonyl (C=O) groups is 2. The number of hydrogen-bond acceptors (Lipinski definition) is 4. The maximum Gasteiger partial charge on any atom is 0.417 e. The number of nitrogens with zero attached hydrogens (tertiary/aromatic N) is 1. The number of benzene rings is 3. The molecule has 1 aliphatic rings. The maximum atomic E-state index is 13.1. The minimum atomic E-state index is -4.74. The third-order valence-corrected chi connectivity index (χ3v) is 7.43. The lowest BCUT2D eigenvalue weighted by atomic mass is 10.1. The van der Waals surface area contributed by atoms with Gasteiger partial charge in [0, 0.05) is 36.4 Å². The predicted octanol–water partition coefficient (Wildman–Crippen LogP) is 5.53. The van der Waals surface area contributed by atoms with Crippen molar-refractivity contribution in [3.8, 4) is 0 Å². The molecule has 0 spiro atoms. The van der Waals surface area contributed by atoms with Gasteiger partial charge in [0.15, 0.2) is 0 Å². The number of carbonyl (C=O) groups excluding carboxylic acids is 2. The Morgan fingerprint density at radius 1 is 0.973 bits per heavy atom. The first kappa shape index (κ1) is 26.5. The van der Waals surface area contributed by atoms with Crippen molar-refractivity contribution in [2.75, 3.05) is 16.6 Å². The second-order valence-corrected chi connectivity index (χ2v) is 10.5. The van der Waals surface area contributed by atoms with Gasteiger partial charge in [-0.3, -0.25) is 14.3 Å². The van der Waals surface area contributed by atoms with E-state index in [4.69, 9.17) is 11.6 Å². The third kappa shape index (κ3) is 6.41. The number of rotatable bonds is 7. The summed E-state index contributed by atoms with van der Waals surface area (Å²) in [5.74, 6) is -0.305. The number of anilines is 2. The molecule has 0 aliphatic carbocycles. The van der Waals surface area contributed by atoms with Gasteiger partial charge in [0.05, 0.1) is 15.5 Å². The highest BCUT2D eigenvalue weighted by Gasteiger charge is 2.33. The first-order chi connectivity index (χ1) is 17.4. The number of sulfonamides is 1. The molecule has 2 N–H and O–H groups in total. The molecule has 1 heterocycles. The first-order valence-electron chi connectivity index (χ1n) is 11.1. The highest BCUT2D eigenvalue weighted by Crippen LogP contribution is 2.36. The Bertz CT molecular complexity index is 1430. The fourth-order valence-corrected chi connectivity index (χ4v) is 5.07. The van der Waals surface area contributed by atoms with Crippen LogP contribution in [0.1, 0.15) is 34.3 Å². The Kier molecular flexibility index (Phi) is 7.47. The average molecular weight is 552 g/mol. The summed E-state index contributed by atoms with van der Waals surface area (Å²) in [6.45, 7) is 1.20. The number of hydrogen-bond donors (Lipinski definition) is 2. The highest BCUT2D eigenvalue weighted by molar-refractivity contribution is 7.92. The van der Waals surface area contributed by atoms with E-state index in [1.165, 1.54) is 24.3 Å². The van der Waals surface area contributed by atoms with Crippen LogP contribution in [0.3, 0.4) is 0 Å². The predicted molar refractivity (Wildman–Crippen MR) is 133 cm³/mol. The number of nitrogens with one attached hydrogen (secondary N) is 2. The summed E-state index contributed by atoms with van der Waals surface area (Å²) < 4.78 is 66.6. The Morgan fingerprint density at radius 2 is 1.62 bits per heavy atom. The molecule has 0 bridgehead atoms. The molecule has 37 heavy (non-hydrogen) atoms. The molecule has 3 aromatic rings. The monoisotopic (exact) mass is 551 g/mol. The van der Waals surface area contributed by atoms with Crippen molar-refractivity contribution in [2.45, 2.75) is 30.5 Å². The van der Waals surface area contributed by atoms with Crippen molar-refractivity contribution in [2.24, 2.45) is 0 Å². The Balaban J connectivity index is 1.40. The van der Waals surface area contributed by atoms with E-state index in [2.05, 4.69) is 10.0 Å². The summed E-state index contributed by atoms with van der Waals surface area (Å²) in [4.78, 5) is 25.9. The standard InChI is InChI=1S/C25H21ClF3N3O4S/c26-22-12-9-19(14-21(22)25(27,28)29)31-37(35,36)20-10-7-18(8-11-20)30-24(34)17-5-3-16(4-6-17)15-32-13-1-2-23(32)33/h3-12,14,31H,1-2,13,15H2,(H,30,34). The fraction of sp³-hybridized carbons (Fsp3) is 0.200. The molecular formula is C25H21ClF3N3O4S. The third-order valence-electron chi connectivity index (χ3n) is 5.71. The Morgan fingerprint density at radius 3 is 2.22 bits per heavy atom. The molecule has 3 aromatic carbocycles. The van der Waals surface area contributed by atoms with E-state index < -0.39 is 32.7 Å². The van der Waals surface area contributed by atoms with Crippen LogP contribution in [0.15, 0.2) is 71.6 Å². The molecule has 1 fully saturated rings. The largest absolute Gasteiger partial charge is 0.417 e. The highest BCUT2D eigenvalue weighted by atomic mass is 35.5. The van der Waals surface area contributed by atoms with Gasteiger partial charge in [-0.15, -0.1) is 0 Å². The van der Waals surface area contributed by atoms with Crippen molar-refractivity contribution in [1.82, 2.24) is 4.90 Å². The minimum absolute atomic E-state index is 0.113. The van der Waals surface area contributed by atoms with Gasteiger partial charge in [-0.2, -0.15) is 13.2 Å². The van der Waals surface area contributed by atoms with E-state index in [1.54, 1.807) is 29.2 Å².